The van der Waals surface area contributed by atoms with Crippen LogP contribution >= 0.6 is 0 Å². The van der Waals surface area contributed by atoms with E-state index in [1.807, 2.05) is 0 Å². The lowest BCUT2D eigenvalue weighted by Gasteiger charge is -2.16. The van der Waals surface area contributed by atoms with E-state index in [4.69, 9.17) is 4.74 Å². The summed E-state index contributed by atoms with van der Waals surface area (Å²) in [6.07, 6.45) is 0. The summed E-state index contributed by atoms with van der Waals surface area (Å²) in [5.74, 6) is -0.889. The zero-order chi connectivity index (χ0) is 14.4. The van der Waals surface area contributed by atoms with Crippen molar-refractivity contribution in [3.05, 3.63) is 29.6 Å². The lowest BCUT2D eigenvalue weighted by Crippen LogP contribution is -2.44. The number of amides is 1. The summed E-state index contributed by atoms with van der Waals surface area (Å²) in [5.41, 5.74) is 0.437. The molecule has 0 saturated carbocycles. The van der Waals surface area contributed by atoms with Crippen LogP contribution in [-0.4, -0.2) is 31.6 Å². The van der Waals surface area contributed by atoms with E-state index in [0.717, 1.165) is 0 Å². The quantitative estimate of drug-likeness (QED) is 0.815. The molecule has 0 bridgehead atoms. The van der Waals surface area contributed by atoms with Gasteiger partial charge < -0.3 is 14.8 Å². The maximum Gasteiger partial charge on any atom is 0.331 e. The van der Waals surface area contributed by atoms with E-state index in [1.54, 1.807) is 6.92 Å². The Kier molecular flexibility index (Phi) is 5.29. The summed E-state index contributed by atoms with van der Waals surface area (Å²) in [5, 5.41) is 2.41. The predicted octanol–water partition coefficient (Wildman–Crippen LogP) is 1.19. The fourth-order valence-electron chi connectivity index (χ4n) is 1.44. The SMILES string of the molecule is COC(=O)C(COc1ccc(F)c(C)c1)NC(C)=O. The molecule has 1 rings (SSSR count). The van der Waals surface area contributed by atoms with Crippen molar-refractivity contribution in [2.75, 3.05) is 13.7 Å². The van der Waals surface area contributed by atoms with Gasteiger partial charge in [-0.1, -0.05) is 0 Å². The second kappa shape index (κ2) is 6.72. The molecule has 0 aromatic heterocycles. The van der Waals surface area contributed by atoms with Crippen molar-refractivity contribution in [3.63, 3.8) is 0 Å². The molecular weight excluding hydrogens is 253 g/mol. The Balaban J connectivity index is 2.67. The largest absolute Gasteiger partial charge is 0.491 e. The number of ether oxygens (including phenoxy) is 2. The molecule has 19 heavy (non-hydrogen) atoms. The molecule has 6 heteroatoms. The van der Waals surface area contributed by atoms with Crippen LogP contribution in [0, 0.1) is 12.7 Å². The average Bonchev–Trinajstić information content (AvgIpc) is 2.37. The predicted molar refractivity (Wildman–Crippen MR) is 66.3 cm³/mol. The van der Waals surface area contributed by atoms with Crippen LogP contribution in [0.25, 0.3) is 0 Å². The highest BCUT2D eigenvalue weighted by atomic mass is 19.1. The fraction of sp³-hybridized carbons (Fsp3) is 0.385. The molecule has 0 fully saturated rings. The maximum atomic E-state index is 13.1. The molecule has 0 spiro atoms. The van der Waals surface area contributed by atoms with Crippen LogP contribution in [-0.2, 0) is 14.3 Å². The molecule has 1 aromatic rings. The van der Waals surface area contributed by atoms with Crippen molar-refractivity contribution in [3.8, 4) is 5.75 Å². The van der Waals surface area contributed by atoms with Crippen LogP contribution in [0.5, 0.6) is 5.75 Å². The number of hydrogen-bond donors (Lipinski definition) is 1. The van der Waals surface area contributed by atoms with Crippen LogP contribution in [0.4, 0.5) is 4.39 Å². The van der Waals surface area contributed by atoms with Gasteiger partial charge in [0.05, 0.1) is 7.11 Å². The number of halogens is 1. The van der Waals surface area contributed by atoms with Gasteiger partial charge in [0, 0.05) is 6.92 Å². The Labute approximate surface area is 110 Å². The third-order valence-electron chi connectivity index (χ3n) is 2.41. The van der Waals surface area contributed by atoms with Crippen LogP contribution in [0.2, 0.25) is 0 Å². The van der Waals surface area contributed by atoms with E-state index in [9.17, 15) is 14.0 Å². The molecule has 0 aliphatic rings. The van der Waals surface area contributed by atoms with Gasteiger partial charge in [-0.05, 0) is 30.7 Å². The lowest BCUT2D eigenvalue weighted by molar-refractivity contribution is -0.145. The molecular formula is C13H16FNO4. The van der Waals surface area contributed by atoms with Gasteiger partial charge in [0.2, 0.25) is 5.91 Å². The third kappa shape index (κ3) is 4.57. The summed E-state index contributed by atoms with van der Waals surface area (Å²) < 4.78 is 23.0. The number of rotatable bonds is 5. The lowest BCUT2D eigenvalue weighted by atomic mass is 10.2. The minimum Gasteiger partial charge on any atom is -0.491 e. The van der Waals surface area contributed by atoms with Gasteiger partial charge in [-0.15, -0.1) is 0 Å². The summed E-state index contributed by atoms with van der Waals surface area (Å²) in [6.45, 7) is 2.81. The molecule has 0 radical (unpaired) electrons. The number of aryl methyl sites for hydroxylation is 1. The standard InChI is InChI=1S/C13H16FNO4/c1-8-6-10(4-5-11(8)14)19-7-12(13(17)18-3)15-9(2)16/h4-6,12H,7H2,1-3H3,(H,15,16). The van der Waals surface area contributed by atoms with Gasteiger partial charge in [0.25, 0.3) is 0 Å². The highest BCUT2D eigenvalue weighted by Gasteiger charge is 2.21. The van der Waals surface area contributed by atoms with Crippen LogP contribution in [0.15, 0.2) is 18.2 Å². The van der Waals surface area contributed by atoms with Crippen molar-refractivity contribution in [2.24, 2.45) is 0 Å². The number of esters is 1. The van der Waals surface area contributed by atoms with Crippen LogP contribution < -0.4 is 10.1 Å². The maximum absolute atomic E-state index is 13.1. The monoisotopic (exact) mass is 269 g/mol. The van der Waals surface area contributed by atoms with Crippen molar-refractivity contribution in [1.82, 2.24) is 5.32 Å². The molecule has 0 aliphatic heterocycles. The van der Waals surface area contributed by atoms with Crippen molar-refractivity contribution >= 4 is 11.9 Å². The normalized spacial score (nSPS) is 11.6. The number of benzene rings is 1. The first-order valence-electron chi connectivity index (χ1n) is 5.68. The van der Waals surface area contributed by atoms with E-state index in [-0.39, 0.29) is 18.3 Å². The Morgan fingerprint density at radius 3 is 2.63 bits per heavy atom. The molecule has 5 nitrogen and oxygen atoms in total. The van der Waals surface area contributed by atoms with E-state index in [0.29, 0.717) is 11.3 Å². The summed E-state index contributed by atoms with van der Waals surface area (Å²) in [4.78, 5) is 22.4. The molecule has 0 heterocycles. The number of carbonyl (C=O) groups excluding carboxylic acids is 2. The van der Waals surface area contributed by atoms with Crippen molar-refractivity contribution in [1.29, 1.82) is 0 Å². The first-order chi connectivity index (χ1) is 8.93. The highest BCUT2D eigenvalue weighted by Crippen LogP contribution is 2.16. The molecule has 104 valence electrons. The van der Waals surface area contributed by atoms with Crippen molar-refractivity contribution in [2.45, 2.75) is 19.9 Å². The summed E-state index contributed by atoms with van der Waals surface area (Å²) in [6, 6.07) is 3.34. The highest BCUT2D eigenvalue weighted by molar-refractivity contribution is 5.83. The zero-order valence-corrected chi connectivity index (χ0v) is 11.0. The van der Waals surface area contributed by atoms with Gasteiger partial charge in [-0.25, -0.2) is 9.18 Å². The second-order valence-electron chi connectivity index (χ2n) is 4.00. The first kappa shape index (κ1) is 14.9. The van der Waals surface area contributed by atoms with Gasteiger partial charge >= 0.3 is 5.97 Å². The van der Waals surface area contributed by atoms with E-state index >= 15 is 0 Å². The number of hydrogen-bond acceptors (Lipinski definition) is 4. The third-order valence-corrected chi connectivity index (χ3v) is 2.41. The minimum absolute atomic E-state index is 0.0860. The van der Waals surface area contributed by atoms with Gasteiger partial charge in [0.15, 0.2) is 6.04 Å². The Bertz CT molecular complexity index is 476. The van der Waals surface area contributed by atoms with Crippen LogP contribution in [0.3, 0.4) is 0 Å². The average molecular weight is 269 g/mol. The number of nitrogens with one attached hydrogen (secondary N) is 1. The van der Waals surface area contributed by atoms with E-state index in [2.05, 4.69) is 10.1 Å². The molecule has 1 aromatic carbocycles. The summed E-state index contributed by atoms with van der Waals surface area (Å²) in [7, 11) is 1.22. The topological polar surface area (TPSA) is 64.6 Å². The molecule has 1 N–H and O–H groups in total. The van der Waals surface area contributed by atoms with Gasteiger partial charge in [0.1, 0.15) is 18.2 Å². The van der Waals surface area contributed by atoms with E-state index in [1.165, 1.54) is 32.2 Å². The van der Waals surface area contributed by atoms with Gasteiger partial charge in [-0.3, -0.25) is 4.79 Å². The molecule has 0 saturated heterocycles. The Hall–Kier alpha value is -2.11. The Morgan fingerprint density at radius 1 is 1.42 bits per heavy atom. The van der Waals surface area contributed by atoms with Crippen LogP contribution in [0.1, 0.15) is 12.5 Å². The number of methoxy groups -OCH3 is 1. The Morgan fingerprint density at radius 2 is 2.11 bits per heavy atom. The number of carbonyl (C=O) groups is 2. The molecule has 0 aliphatic carbocycles. The van der Waals surface area contributed by atoms with Crippen molar-refractivity contribution < 1.29 is 23.5 Å². The molecule has 1 unspecified atom stereocenters. The first-order valence-corrected chi connectivity index (χ1v) is 5.68. The van der Waals surface area contributed by atoms with E-state index < -0.39 is 12.0 Å². The second-order valence-corrected chi connectivity index (χ2v) is 4.00. The van der Waals surface area contributed by atoms with Gasteiger partial charge in [-0.2, -0.15) is 0 Å². The molecule has 1 atom stereocenters. The zero-order valence-electron chi connectivity index (χ0n) is 11.0. The summed E-state index contributed by atoms with van der Waals surface area (Å²) >= 11 is 0. The molecule has 1 amide bonds. The fourth-order valence-corrected chi connectivity index (χ4v) is 1.44. The minimum atomic E-state index is -0.896. The smallest absolute Gasteiger partial charge is 0.331 e.